The van der Waals surface area contributed by atoms with Crippen LogP contribution in [0.4, 0.5) is 0 Å². The minimum Gasteiger partial charge on any atom is -0.463 e. The highest BCUT2D eigenvalue weighted by atomic mass is 16.6. The Morgan fingerprint density at radius 2 is 1.17 bits per heavy atom. The van der Waals surface area contributed by atoms with E-state index in [-0.39, 0.29) is 31.6 Å². The fraction of sp³-hybridized carbons (Fsp3) is 0.667. The molecule has 2 N–H and O–H groups in total. The quantitative estimate of drug-likeness (QED) is 0.0411. The van der Waals surface area contributed by atoms with Gasteiger partial charge in [0.05, 0.1) is 6.10 Å². The minimum absolute atomic E-state index is 0.151. The lowest BCUT2D eigenvalue weighted by molar-refractivity contribution is -0.152. The van der Waals surface area contributed by atoms with Gasteiger partial charge in [-0.3, -0.25) is 9.59 Å². The van der Waals surface area contributed by atoms with Gasteiger partial charge in [0.2, 0.25) is 0 Å². The van der Waals surface area contributed by atoms with Crippen molar-refractivity contribution in [3.05, 3.63) is 60.8 Å². The molecule has 0 aromatic heterocycles. The number of esters is 2. The molecule has 0 fully saturated rings. The number of unbranched alkanes of at least 4 members (excludes halogenated alkanes) is 10. The molecular weight excluding hydrogens is 528 g/mol. The van der Waals surface area contributed by atoms with Gasteiger partial charge >= 0.3 is 11.9 Å². The van der Waals surface area contributed by atoms with E-state index in [4.69, 9.17) is 9.47 Å². The molecular formula is C36H60O6. The summed E-state index contributed by atoms with van der Waals surface area (Å²) in [6.45, 7) is 4.02. The van der Waals surface area contributed by atoms with Crippen molar-refractivity contribution in [3.8, 4) is 0 Å². The molecule has 0 aromatic carbocycles. The second-order valence-electron chi connectivity index (χ2n) is 10.8. The van der Waals surface area contributed by atoms with Crippen molar-refractivity contribution in [2.24, 2.45) is 0 Å². The molecule has 0 amide bonds. The summed E-state index contributed by atoms with van der Waals surface area (Å²) < 4.78 is 10.2. The zero-order valence-electron chi connectivity index (χ0n) is 26.6. The highest BCUT2D eigenvalue weighted by Crippen LogP contribution is 2.11. The molecule has 2 atom stereocenters. The van der Waals surface area contributed by atoms with E-state index in [1.807, 2.05) is 36.5 Å². The molecule has 240 valence electrons. The van der Waals surface area contributed by atoms with E-state index < -0.39 is 12.2 Å². The van der Waals surface area contributed by atoms with Crippen LogP contribution in [0.25, 0.3) is 0 Å². The van der Waals surface area contributed by atoms with Gasteiger partial charge in [-0.25, -0.2) is 0 Å². The highest BCUT2D eigenvalue weighted by Gasteiger charge is 2.11. The van der Waals surface area contributed by atoms with Crippen LogP contribution in [0.15, 0.2) is 60.8 Å². The number of rotatable bonds is 28. The van der Waals surface area contributed by atoms with Crippen LogP contribution in [-0.2, 0) is 19.1 Å². The average molecular weight is 589 g/mol. The fourth-order valence-corrected chi connectivity index (χ4v) is 4.09. The summed E-state index contributed by atoms with van der Waals surface area (Å²) in [4.78, 5) is 23.7. The number of carbonyl (C=O) groups excluding carboxylic acids is 2. The normalized spacial score (nSPS) is 13.7. The molecule has 0 aliphatic heterocycles. The Hall–Kier alpha value is -2.44. The maximum absolute atomic E-state index is 11.9. The van der Waals surface area contributed by atoms with Gasteiger partial charge < -0.3 is 19.7 Å². The van der Waals surface area contributed by atoms with Crippen molar-refractivity contribution in [2.45, 2.75) is 142 Å². The summed E-state index contributed by atoms with van der Waals surface area (Å²) in [5.74, 6) is -0.677. The van der Waals surface area contributed by atoms with Crippen LogP contribution in [0.3, 0.4) is 0 Å². The van der Waals surface area contributed by atoms with Gasteiger partial charge in [-0.2, -0.15) is 0 Å². The maximum Gasteiger partial charge on any atom is 0.305 e. The zero-order chi connectivity index (χ0) is 30.9. The molecule has 42 heavy (non-hydrogen) atoms. The number of aliphatic hydroxyl groups is 2. The van der Waals surface area contributed by atoms with Gasteiger partial charge in [0.1, 0.15) is 19.3 Å². The van der Waals surface area contributed by atoms with Crippen molar-refractivity contribution in [2.75, 3.05) is 13.2 Å². The van der Waals surface area contributed by atoms with Crippen molar-refractivity contribution >= 4 is 11.9 Å². The third-order valence-corrected chi connectivity index (χ3v) is 6.60. The van der Waals surface area contributed by atoms with Crippen LogP contribution < -0.4 is 0 Å². The predicted molar refractivity (Wildman–Crippen MR) is 174 cm³/mol. The molecule has 0 aliphatic carbocycles. The van der Waals surface area contributed by atoms with Gasteiger partial charge in [0.25, 0.3) is 0 Å². The van der Waals surface area contributed by atoms with E-state index in [1.54, 1.807) is 6.08 Å². The lowest BCUT2D eigenvalue weighted by Crippen LogP contribution is -2.25. The number of allylic oxidation sites excluding steroid dienone is 8. The molecule has 0 aliphatic rings. The number of carbonyl (C=O) groups is 2. The predicted octanol–water partition coefficient (Wildman–Crippen LogP) is 8.64. The van der Waals surface area contributed by atoms with Gasteiger partial charge in [0, 0.05) is 12.8 Å². The topological polar surface area (TPSA) is 93.1 Å². The minimum atomic E-state index is -1.00. The van der Waals surface area contributed by atoms with E-state index in [1.165, 1.54) is 44.9 Å². The average Bonchev–Trinajstić information content (AvgIpc) is 2.98. The number of aliphatic hydroxyl groups excluding tert-OH is 2. The van der Waals surface area contributed by atoms with Crippen LogP contribution in [0, 0.1) is 0 Å². The first-order valence-electron chi connectivity index (χ1n) is 16.4. The van der Waals surface area contributed by atoms with Crippen molar-refractivity contribution < 1.29 is 29.3 Å². The van der Waals surface area contributed by atoms with E-state index in [0.717, 1.165) is 44.9 Å². The zero-order valence-corrected chi connectivity index (χ0v) is 26.6. The Balaban J connectivity index is 3.68. The van der Waals surface area contributed by atoms with Crippen molar-refractivity contribution in [3.63, 3.8) is 0 Å². The molecule has 0 saturated heterocycles. The van der Waals surface area contributed by atoms with E-state index in [9.17, 15) is 19.8 Å². The lowest BCUT2D eigenvalue weighted by atomic mass is 10.1. The first-order valence-corrected chi connectivity index (χ1v) is 16.4. The largest absolute Gasteiger partial charge is 0.463 e. The van der Waals surface area contributed by atoms with E-state index in [2.05, 4.69) is 32.1 Å². The molecule has 6 heteroatoms. The molecule has 0 rings (SSSR count). The Bertz CT molecular complexity index is 780. The summed E-state index contributed by atoms with van der Waals surface area (Å²) in [6.07, 6.45) is 35.9. The summed E-state index contributed by atoms with van der Waals surface area (Å²) in [5, 5.41) is 19.8. The van der Waals surface area contributed by atoms with Crippen molar-refractivity contribution in [1.82, 2.24) is 0 Å². The molecule has 0 spiro atoms. The van der Waals surface area contributed by atoms with E-state index >= 15 is 0 Å². The Kier molecular flexibility index (Phi) is 29.7. The third kappa shape index (κ3) is 30.5. The molecule has 6 nitrogen and oxygen atoms in total. The summed E-state index contributed by atoms with van der Waals surface area (Å²) >= 11 is 0. The number of hydrogen-bond donors (Lipinski definition) is 2. The Labute approximate surface area is 256 Å². The highest BCUT2D eigenvalue weighted by molar-refractivity contribution is 5.69. The van der Waals surface area contributed by atoms with Crippen LogP contribution >= 0.6 is 0 Å². The summed E-state index contributed by atoms with van der Waals surface area (Å²) in [7, 11) is 0. The SMILES string of the molecule is CC/C=C\C/C=C\CC(O)/C=C/C=C\C/C=C\CCCC(=O)OC[C@H](O)COC(=O)CCCCCCCCCCCC. The maximum atomic E-state index is 11.9. The lowest BCUT2D eigenvalue weighted by Gasteiger charge is -2.12. The third-order valence-electron chi connectivity index (χ3n) is 6.60. The van der Waals surface area contributed by atoms with Gasteiger partial charge in [0.15, 0.2) is 0 Å². The molecule has 0 saturated carbocycles. The second-order valence-corrected chi connectivity index (χ2v) is 10.8. The smallest absolute Gasteiger partial charge is 0.305 e. The second kappa shape index (κ2) is 31.5. The molecule has 1 unspecified atom stereocenters. The molecule has 0 aromatic rings. The standard InChI is InChI=1S/C36H60O6/c1-3-5-7-9-11-12-13-17-21-25-29-35(39)41-31-34(38)32-42-36(40)30-26-22-18-15-14-16-20-24-28-33(37)27-23-19-10-8-6-4-2/h6,8,15-16,18-20,23-24,28,33-34,37-38H,3-5,7,9-14,17,21-22,25-27,29-32H2,1-2H3/b8-6-,18-15-,20-16-,23-19-,28-24+/t33?,34-/m1/s1. The fourth-order valence-electron chi connectivity index (χ4n) is 4.09. The van der Waals surface area contributed by atoms with Crippen LogP contribution in [0.1, 0.15) is 129 Å². The first-order chi connectivity index (χ1) is 20.5. The monoisotopic (exact) mass is 588 g/mol. The first kappa shape index (κ1) is 39.6. The molecule has 0 bridgehead atoms. The van der Waals surface area contributed by atoms with Crippen molar-refractivity contribution in [1.29, 1.82) is 0 Å². The summed E-state index contributed by atoms with van der Waals surface area (Å²) in [5.41, 5.74) is 0. The Morgan fingerprint density at radius 1 is 0.619 bits per heavy atom. The Morgan fingerprint density at radius 3 is 1.81 bits per heavy atom. The van der Waals surface area contributed by atoms with E-state index in [0.29, 0.717) is 19.3 Å². The number of ether oxygens (including phenoxy) is 2. The molecule has 0 heterocycles. The van der Waals surface area contributed by atoms with Crippen LogP contribution in [0.5, 0.6) is 0 Å². The number of hydrogen-bond acceptors (Lipinski definition) is 6. The van der Waals surface area contributed by atoms with Gasteiger partial charge in [-0.1, -0.05) is 132 Å². The van der Waals surface area contributed by atoms with Gasteiger partial charge in [-0.15, -0.1) is 0 Å². The molecule has 0 radical (unpaired) electrons. The van der Waals surface area contributed by atoms with Crippen LogP contribution in [-0.4, -0.2) is 47.6 Å². The summed E-state index contributed by atoms with van der Waals surface area (Å²) in [6, 6.07) is 0. The van der Waals surface area contributed by atoms with Crippen LogP contribution in [0.2, 0.25) is 0 Å². The van der Waals surface area contributed by atoms with Gasteiger partial charge in [-0.05, 0) is 44.9 Å².